The average Bonchev–Trinajstić information content (AvgIpc) is 3.19. The summed E-state index contributed by atoms with van der Waals surface area (Å²) in [6, 6.07) is 0. The van der Waals surface area contributed by atoms with Crippen molar-refractivity contribution in [3.8, 4) is 0 Å². The van der Waals surface area contributed by atoms with Crippen molar-refractivity contribution < 1.29 is 57.2 Å². The van der Waals surface area contributed by atoms with Crippen LogP contribution in [0.1, 0.15) is 131 Å². The molecule has 0 aliphatic heterocycles. The lowest BCUT2D eigenvalue weighted by Crippen LogP contribution is -2.44. The fourth-order valence-corrected chi connectivity index (χ4v) is 8.41. The van der Waals surface area contributed by atoms with E-state index in [1.165, 1.54) is 12.2 Å². The molecule has 57 heavy (non-hydrogen) atoms. The zero-order chi connectivity index (χ0) is 42.2. The summed E-state index contributed by atoms with van der Waals surface area (Å²) in [7, 11) is 0. The number of rotatable bonds is 21. The van der Waals surface area contributed by atoms with E-state index in [-0.39, 0.29) is 98.3 Å². The van der Waals surface area contributed by atoms with Crippen molar-refractivity contribution in [2.24, 2.45) is 40.9 Å². The Labute approximate surface area is 339 Å². The molecule has 3 aliphatic carbocycles. The Kier molecular flexibility index (Phi) is 18.5. The number of esters is 6. The van der Waals surface area contributed by atoms with E-state index in [4.69, 9.17) is 28.4 Å². The molecule has 0 heterocycles. The first-order chi connectivity index (χ1) is 27.0. The third-order valence-corrected chi connectivity index (χ3v) is 11.9. The summed E-state index contributed by atoms with van der Waals surface area (Å²) in [5, 5.41) is 0. The predicted molar refractivity (Wildman–Crippen MR) is 213 cm³/mol. The van der Waals surface area contributed by atoms with Crippen LogP contribution in [0, 0.1) is 40.9 Å². The molecule has 0 aromatic rings. The quantitative estimate of drug-likeness (QED) is 0.0628. The standard InChI is InChI=1S/C45H68O12/c1-9-25-43(5,6)56-41(50)35-23-19-34(20-24-35)40(49)55-30-45(12-4,29-54-39(48)33-15-13-31(14-16-33)37(46)52-26-10-2)28-44(7,8)57-42(51)36-21-17-32(18-22-36)38(47)53-27-11-3/h9-11,31-36H,1-3,12-30H2,4-8H3. The summed E-state index contributed by atoms with van der Waals surface area (Å²) >= 11 is 0. The number of hydrogen-bond acceptors (Lipinski definition) is 12. The van der Waals surface area contributed by atoms with Crippen molar-refractivity contribution in [1.29, 1.82) is 0 Å². The van der Waals surface area contributed by atoms with E-state index >= 15 is 0 Å². The Hall–Kier alpha value is -3.96. The molecule has 320 valence electrons. The Morgan fingerprint density at radius 2 is 0.772 bits per heavy atom. The predicted octanol–water partition coefficient (Wildman–Crippen LogP) is 7.96. The Balaban J connectivity index is 1.66. The fourth-order valence-electron chi connectivity index (χ4n) is 8.41. The second-order valence-corrected chi connectivity index (χ2v) is 17.6. The van der Waals surface area contributed by atoms with Crippen LogP contribution >= 0.6 is 0 Å². The van der Waals surface area contributed by atoms with Crippen LogP contribution < -0.4 is 0 Å². The first-order valence-corrected chi connectivity index (χ1v) is 20.9. The molecule has 0 aromatic heterocycles. The molecule has 0 bridgehead atoms. The van der Waals surface area contributed by atoms with E-state index in [0.29, 0.717) is 89.9 Å². The maximum Gasteiger partial charge on any atom is 0.309 e. The summed E-state index contributed by atoms with van der Waals surface area (Å²) in [5.74, 6) is -3.93. The molecule has 12 heteroatoms. The van der Waals surface area contributed by atoms with Gasteiger partial charge in [-0.1, -0.05) is 38.3 Å². The van der Waals surface area contributed by atoms with Crippen LogP contribution in [0.4, 0.5) is 0 Å². The van der Waals surface area contributed by atoms with E-state index in [9.17, 15) is 28.8 Å². The smallest absolute Gasteiger partial charge is 0.309 e. The number of carbonyl (C=O) groups is 6. The van der Waals surface area contributed by atoms with Gasteiger partial charge in [-0.15, -0.1) is 6.58 Å². The Bertz CT molecular complexity index is 1410. The molecule has 0 aromatic carbocycles. The molecule has 3 rings (SSSR count). The van der Waals surface area contributed by atoms with Gasteiger partial charge < -0.3 is 28.4 Å². The van der Waals surface area contributed by atoms with Gasteiger partial charge in [-0.25, -0.2) is 0 Å². The summed E-state index contributed by atoms with van der Waals surface area (Å²) in [6.45, 7) is 20.3. The summed E-state index contributed by atoms with van der Waals surface area (Å²) in [5.41, 5.74) is -2.55. The summed E-state index contributed by atoms with van der Waals surface area (Å²) in [4.78, 5) is 78.1. The second-order valence-electron chi connectivity index (χ2n) is 17.6. The van der Waals surface area contributed by atoms with Gasteiger partial charge in [0.25, 0.3) is 0 Å². The van der Waals surface area contributed by atoms with Crippen molar-refractivity contribution in [1.82, 2.24) is 0 Å². The number of ether oxygens (including phenoxy) is 6. The fraction of sp³-hybridized carbons (Fsp3) is 0.733. The summed E-state index contributed by atoms with van der Waals surface area (Å²) in [6.07, 6.45) is 12.0. The van der Waals surface area contributed by atoms with E-state index in [2.05, 4.69) is 19.7 Å². The van der Waals surface area contributed by atoms with E-state index < -0.39 is 22.5 Å². The SMILES string of the molecule is C=CCOC(=O)C1CCC(C(=O)OCC(CC)(COC(=O)C2CCC(C(=O)OC(C)(C)CC=C)CC2)CC(C)(C)OC(=O)C2CCC(C(=O)OCC=C)CC2)CC1. The van der Waals surface area contributed by atoms with E-state index in [1.807, 2.05) is 20.8 Å². The monoisotopic (exact) mass is 800 g/mol. The molecule has 3 aliphatic rings. The minimum Gasteiger partial charge on any atom is -0.465 e. The van der Waals surface area contributed by atoms with Gasteiger partial charge >= 0.3 is 35.8 Å². The highest BCUT2D eigenvalue weighted by molar-refractivity contribution is 5.77. The normalized spacial score (nSPS) is 25.0. The van der Waals surface area contributed by atoms with Crippen molar-refractivity contribution in [3.05, 3.63) is 38.0 Å². The van der Waals surface area contributed by atoms with Crippen LogP contribution in [0.3, 0.4) is 0 Å². The second kappa shape index (κ2) is 22.3. The van der Waals surface area contributed by atoms with Gasteiger partial charge in [-0.05, 0) is 118 Å². The van der Waals surface area contributed by atoms with E-state index in [1.54, 1.807) is 19.9 Å². The van der Waals surface area contributed by atoms with E-state index in [0.717, 1.165) is 0 Å². The van der Waals surface area contributed by atoms with Crippen molar-refractivity contribution in [2.45, 2.75) is 142 Å². The molecule has 3 fully saturated rings. The van der Waals surface area contributed by atoms with Gasteiger partial charge in [0.2, 0.25) is 0 Å². The highest BCUT2D eigenvalue weighted by Crippen LogP contribution is 2.39. The zero-order valence-corrected chi connectivity index (χ0v) is 35.2. The maximum absolute atomic E-state index is 13.5. The lowest BCUT2D eigenvalue weighted by Gasteiger charge is -2.40. The van der Waals surface area contributed by atoms with Gasteiger partial charge in [0.05, 0.1) is 35.5 Å². The number of hydrogen-bond donors (Lipinski definition) is 0. The van der Waals surface area contributed by atoms with Crippen LogP contribution in [0.5, 0.6) is 0 Å². The maximum atomic E-state index is 13.5. The highest BCUT2D eigenvalue weighted by atomic mass is 16.6. The Morgan fingerprint density at radius 1 is 0.474 bits per heavy atom. The molecular weight excluding hydrogens is 732 g/mol. The number of carbonyl (C=O) groups excluding carboxylic acids is 6. The minimum atomic E-state index is -1.02. The first-order valence-electron chi connectivity index (χ1n) is 20.9. The molecule has 0 spiro atoms. The third-order valence-electron chi connectivity index (χ3n) is 11.9. The Morgan fingerprint density at radius 3 is 1.07 bits per heavy atom. The molecule has 12 nitrogen and oxygen atoms in total. The molecule has 0 amide bonds. The van der Waals surface area contributed by atoms with Gasteiger partial charge in [-0.2, -0.15) is 0 Å². The largest absolute Gasteiger partial charge is 0.465 e. The minimum absolute atomic E-state index is 0.0606. The van der Waals surface area contributed by atoms with Gasteiger partial charge in [0, 0.05) is 11.8 Å². The van der Waals surface area contributed by atoms with Gasteiger partial charge in [0.1, 0.15) is 37.6 Å². The molecule has 3 saturated carbocycles. The van der Waals surface area contributed by atoms with Gasteiger partial charge in [-0.3, -0.25) is 28.8 Å². The lowest BCUT2D eigenvalue weighted by atomic mass is 9.76. The van der Waals surface area contributed by atoms with Crippen LogP contribution in [0.15, 0.2) is 38.0 Å². The zero-order valence-electron chi connectivity index (χ0n) is 35.2. The van der Waals surface area contributed by atoms with Crippen molar-refractivity contribution in [3.63, 3.8) is 0 Å². The van der Waals surface area contributed by atoms with Crippen LogP contribution in [0.2, 0.25) is 0 Å². The van der Waals surface area contributed by atoms with Crippen LogP contribution in [-0.4, -0.2) is 73.4 Å². The molecular formula is C45H68O12. The van der Waals surface area contributed by atoms with Crippen molar-refractivity contribution in [2.75, 3.05) is 26.4 Å². The first kappa shape index (κ1) is 47.4. The lowest BCUT2D eigenvalue weighted by molar-refractivity contribution is -0.176. The average molecular weight is 801 g/mol. The molecule has 0 N–H and O–H groups in total. The molecule has 0 radical (unpaired) electrons. The molecule has 1 unspecified atom stereocenters. The van der Waals surface area contributed by atoms with Crippen LogP contribution in [0.25, 0.3) is 0 Å². The molecule has 1 atom stereocenters. The van der Waals surface area contributed by atoms with Gasteiger partial charge in [0.15, 0.2) is 0 Å². The van der Waals surface area contributed by atoms with Crippen LogP contribution in [-0.2, 0) is 57.2 Å². The van der Waals surface area contributed by atoms with Crippen molar-refractivity contribution >= 4 is 35.8 Å². The molecule has 0 saturated heterocycles. The topological polar surface area (TPSA) is 158 Å². The summed E-state index contributed by atoms with van der Waals surface area (Å²) < 4.78 is 34.3. The third kappa shape index (κ3) is 15.1. The highest BCUT2D eigenvalue weighted by Gasteiger charge is 2.43.